The fourth-order valence-electron chi connectivity index (χ4n) is 3.27. The first kappa shape index (κ1) is 25.5. The van der Waals surface area contributed by atoms with Crippen LogP contribution in [-0.2, 0) is 15.1 Å². The number of carbonyl (C=O) groups is 2. The second-order valence-electron chi connectivity index (χ2n) is 7.23. The van der Waals surface area contributed by atoms with Crippen LogP contribution in [0.25, 0.3) is 0 Å². The van der Waals surface area contributed by atoms with Crippen LogP contribution in [0.4, 0.5) is 4.79 Å². The molecule has 0 aliphatic heterocycles. The molecule has 1 aromatic carbocycles. The number of aliphatic hydroxyl groups excluding tert-OH is 1. The van der Waals surface area contributed by atoms with Gasteiger partial charge in [-0.2, -0.15) is 0 Å². The summed E-state index contributed by atoms with van der Waals surface area (Å²) >= 11 is 9.67. The molecule has 1 rings (SSSR count). The minimum absolute atomic E-state index is 0.0986. The van der Waals surface area contributed by atoms with Crippen LogP contribution < -0.4 is 10.6 Å². The van der Waals surface area contributed by atoms with Gasteiger partial charge in [0.25, 0.3) is 0 Å². The quantitative estimate of drug-likeness (QED) is 0.336. The number of esters is 1. The van der Waals surface area contributed by atoms with Crippen LogP contribution in [0.15, 0.2) is 34.8 Å². The number of amides is 2. The van der Waals surface area contributed by atoms with Crippen molar-refractivity contribution in [2.45, 2.75) is 39.2 Å². The second kappa shape index (κ2) is 11.6. The molecule has 3 atom stereocenters. The average molecular weight is 490 g/mol. The molecule has 29 heavy (non-hydrogen) atoms. The number of ether oxygens (including phenoxy) is 1. The van der Waals surface area contributed by atoms with Gasteiger partial charge in [-0.05, 0) is 52.9 Å². The van der Waals surface area contributed by atoms with E-state index in [2.05, 4.69) is 37.9 Å². The zero-order valence-corrected chi connectivity index (χ0v) is 19.7. The lowest BCUT2D eigenvalue weighted by molar-refractivity contribution is -0.136. The Balaban J connectivity index is 3.05. The Bertz CT molecular complexity index is 743. The third-order valence-electron chi connectivity index (χ3n) is 5.35. The number of aliphatic hydroxyl groups is 1. The first-order chi connectivity index (χ1) is 13.6. The van der Waals surface area contributed by atoms with Crippen molar-refractivity contribution in [3.63, 3.8) is 0 Å². The highest BCUT2D eigenvalue weighted by Gasteiger charge is 2.40. The summed E-state index contributed by atoms with van der Waals surface area (Å²) < 4.78 is 5.35. The Morgan fingerprint density at radius 1 is 1.41 bits per heavy atom. The number of halogens is 2. The van der Waals surface area contributed by atoms with Gasteiger partial charge in [0.15, 0.2) is 0 Å². The maximum Gasteiger partial charge on any atom is 0.333 e. The van der Waals surface area contributed by atoms with E-state index in [0.717, 1.165) is 16.5 Å². The van der Waals surface area contributed by atoms with Crippen LogP contribution in [0.2, 0.25) is 5.02 Å². The number of urea groups is 1. The van der Waals surface area contributed by atoms with E-state index in [1.165, 1.54) is 7.11 Å². The first-order valence-electron chi connectivity index (χ1n) is 9.49. The van der Waals surface area contributed by atoms with Gasteiger partial charge in [-0.1, -0.05) is 44.5 Å². The van der Waals surface area contributed by atoms with E-state index in [4.69, 9.17) is 11.6 Å². The molecule has 0 heterocycles. The molecule has 0 radical (unpaired) electrons. The molecule has 0 spiro atoms. The van der Waals surface area contributed by atoms with Crippen LogP contribution in [0.5, 0.6) is 0 Å². The molecule has 0 fully saturated rings. The summed E-state index contributed by atoms with van der Waals surface area (Å²) in [6.45, 7) is 9.73. The molecular weight excluding hydrogens is 460 g/mol. The van der Waals surface area contributed by atoms with E-state index in [1.54, 1.807) is 6.07 Å². The van der Waals surface area contributed by atoms with Gasteiger partial charge < -0.3 is 20.5 Å². The molecule has 6 nitrogen and oxygen atoms in total. The molecule has 0 saturated heterocycles. The summed E-state index contributed by atoms with van der Waals surface area (Å²) in [6.07, 6.45) is 1.11. The molecule has 1 aromatic rings. The highest BCUT2D eigenvalue weighted by Crippen LogP contribution is 2.38. The van der Waals surface area contributed by atoms with E-state index < -0.39 is 17.5 Å². The van der Waals surface area contributed by atoms with E-state index in [1.807, 2.05) is 32.9 Å². The maximum atomic E-state index is 12.6. The highest BCUT2D eigenvalue weighted by molar-refractivity contribution is 9.10. The van der Waals surface area contributed by atoms with Gasteiger partial charge in [0.05, 0.1) is 17.7 Å². The van der Waals surface area contributed by atoms with Crippen LogP contribution in [0.1, 0.15) is 39.2 Å². The molecule has 3 N–H and O–H groups in total. The van der Waals surface area contributed by atoms with Gasteiger partial charge in [0.1, 0.15) is 0 Å². The lowest BCUT2D eigenvalue weighted by Crippen LogP contribution is -2.55. The summed E-state index contributed by atoms with van der Waals surface area (Å²) in [5.41, 5.74) is 0.208. The number of nitrogens with one attached hydrogen (secondary N) is 2. The van der Waals surface area contributed by atoms with Gasteiger partial charge in [-0.15, -0.1) is 0 Å². The van der Waals surface area contributed by atoms with Crippen molar-refractivity contribution < 1.29 is 19.4 Å². The summed E-state index contributed by atoms with van der Waals surface area (Å²) in [5, 5.41) is 16.4. The van der Waals surface area contributed by atoms with Crippen molar-refractivity contribution in [3.8, 4) is 0 Å². The van der Waals surface area contributed by atoms with Crippen molar-refractivity contribution in [1.29, 1.82) is 0 Å². The molecule has 0 aromatic heterocycles. The lowest BCUT2D eigenvalue weighted by Gasteiger charge is -2.41. The predicted octanol–water partition coefficient (Wildman–Crippen LogP) is 4.39. The lowest BCUT2D eigenvalue weighted by atomic mass is 9.73. The fraction of sp³-hybridized carbons (Fsp3) is 0.524. The molecule has 0 bridgehead atoms. The van der Waals surface area contributed by atoms with Crippen molar-refractivity contribution in [3.05, 3.63) is 45.4 Å². The summed E-state index contributed by atoms with van der Waals surface area (Å²) in [4.78, 5) is 24.0. The molecule has 1 unspecified atom stereocenters. The van der Waals surface area contributed by atoms with Crippen LogP contribution >= 0.6 is 27.5 Å². The standard InChI is InChI=1S/C21H30BrClN2O4/c1-6-13(2)16(12-26)21(4,15-7-8-17(22)18(23)11-15)25-20(28)24-10-9-14(3)19(27)29-5/h7-8,11,13,16,26H,3,6,9-10,12H2,1-2,4-5H3,(H2,24,25,28)/t13-,16?,21-/m0/s1. The second-order valence-corrected chi connectivity index (χ2v) is 8.49. The molecule has 0 aliphatic rings. The predicted molar refractivity (Wildman–Crippen MR) is 119 cm³/mol. The van der Waals surface area contributed by atoms with E-state index >= 15 is 0 Å². The Hall–Kier alpha value is -1.57. The zero-order valence-electron chi connectivity index (χ0n) is 17.4. The van der Waals surface area contributed by atoms with Gasteiger partial charge in [-0.25, -0.2) is 9.59 Å². The minimum atomic E-state index is -0.863. The summed E-state index contributed by atoms with van der Waals surface area (Å²) in [6, 6.07) is 5.07. The summed E-state index contributed by atoms with van der Waals surface area (Å²) in [5.74, 6) is -0.592. The van der Waals surface area contributed by atoms with Gasteiger partial charge >= 0.3 is 12.0 Å². The monoisotopic (exact) mass is 488 g/mol. The van der Waals surface area contributed by atoms with E-state index in [0.29, 0.717) is 5.02 Å². The number of rotatable bonds is 10. The molecular formula is C21H30BrClN2O4. The van der Waals surface area contributed by atoms with Crippen molar-refractivity contribution in [2.24, 2.45) is 11.8 Å². The zero-order chi connectivity index (χ0) is 22.2. The molecule has 162 valence electrons. The highest BCUT2D eigenvalue weighted by atomic mass is 79.9. The Morgan fingerprint density at radius 3 is 2.59 bits per heavy atom. The van der Waals surface area contributed by atoms with Crippen molar-refractivity contribution in [2.75, 3.05) is 20.3 Å². The Morgan fingerprint density at radius 2 is 2.07 bits per heavy atom. The topological polar surface area (TPSA) is 87.7 Å². The summed E-state index contributed by atoms with van der Waals surface area (Å²) in [7, 11) is 1.28. The third-order valence-corrected chi connectivity index (χ3v) is 6.58. The van der Waals surface area contributed by atoms with Crippen molar-refractivity contribution in [1.82, 2.24) is 10.6 Å². The van der Waals surface area contributed by atoms with Gasteiger partial charge in [0.2, 0.25) is 0 Å². The minimum Gasteiger partial charge on any atom is -0.466 e. The van der Waals surface area contributed by atoms with Crippen LogP contribution in [0, 0.1) is 11.8 Å². The Labute approximate surface area is 186 Å². The first-order valence-corrected chi connectivity index (χ1v) is 10.7. The van der Waals surface area contributed by atoms with E-state index in [9.17, 15) is 14.7 Å². The van der Waals surface area contributed by atoms with E-state index in [-0.39, 0.29) is 37.0 Å². The van der Waals surface area contributed by atoms with Gasteiger partial charge in [-0.3, -0.25) is 0 Å². The fourth-order valence-corrected chi connectivity index (χ4v) is 3.69. The maximum absolute atomic E-state index is 12.6. The van der Waals surface area contributed by atoms with Crippen molar-refractivity contribution >= 4 is 39.5 Å². The van der Waals surface area contributed by atoms with Crippen LogP contribution in [0.3, 0.4) is 0 Å². The molecule has 8 heteroatoms. The molecule has 0 aliphatic carbocycles. The van der Waals surface area contributed by atoms with Gasteiger partial charge in [0, 0.05) is 29.1 Å². The number of hydrogen-bond donors (Lipinski definition) is 3. The molecule has 0 saturated carbocycles. The molecule has 2 amide bonds. The third kappa shape index (κ3) is 6.73. The smallest absolute Gasteiger partial charge is 0.333 e. The van der Waals surface area contributed by atoms with Crippen LogP contribution in [-0.4, -0.2) is 37.4 Å². The largest absolute Gasteiger partial charge is 0.466 e. The number of methoxy groups -OCH3 is 1. The normalized spacial score (nSPS) is 15.0. The average Bonchev–Trinajstić information content (AvgIpc) is 2.69. The number of hydrogen-bond acceptors (Lipinski definition) is 4. The number of carbonyl (C=O) groups excluding carboxylic acids is 2. The number of benzene rings is 1. The SMILES string of the molecule is C=C(CCNC(=O)N[C@@](C)(c1ccc(Br)c(Cl)c1)C(CO)[C@@H](C)CC)C(=O)OC. The Kier molecular flexibility index (Phi) is 10.2.